The molecule has 4 aliphatic rings. The number of esters is 1. The van der Waals surface area contributed by atoms with Crippen LogP contribution >= 0.6 is 0 Å². The molecule has 3 fully saturated rings. The van der Waals surface area contributed by atoms with Crippen LogP contribution in [0.1, 0.15) is 52.4 Å². The lowest BCUT2D eigenvalue weighted by molar-refractivity contribution is -0.153. The molecule has 0 bridgehead atoms. The van der Waals surface area contributed by atoms with Gasteiger partial charge in [-0.25, -0.2) is 0 Å². The Labute approximate surface area is 157 Å². The van der Waals surface area contributed by atoms with Crippen molar-refractivity contribution in [3.8, 4) is 12.8 Å². The maximum atomic E-state index is 12.3. The van der Waals surface area contributed by atoms with Crippen LogP contribution in [0.5, 0.6) is 0 Å². The minimum absolute atomic E-state index is 0.0110. The highest BCUT2D eigenvalue weighted by atomic mass is 16.5. The molecule has 1 heterocycles. The van der Waals surface area contributed by atoms with E-state index >= 15 is 0 Å². The zero-order chi connectivity index (χ0) is 19.1. The van der Waals surface area contributed by atoms with Crippen molar-refractivity contribution in [3.05, 3.63) is 12.2 Å². The summed E-state index contributed by atoms with van der Waals surface area (Å²) in [5.41, 5.74) is 0.167. The van der Waals surface area contributed by atoms with Crippen LogP contribution in [0.25, 0.3) is 0 Å². The molecule has 0 aromatic carbocycles. The molecule has 1 N–H and O–H groups in total. The Hall–Kier alpha value is -1.76. The van der Waals surface area contributed by atoms with Gasteiger partial charge in [0, 0.05) is 11.5 Å². The van der Waals surface area contributed by atoms with Crippen LogP contribution < -0.4 is 5.32 Å². The van der Waals surface area contributed by atoms with Crippen molar-refractivity contribution in [3.63, 3.8) is 0 Å². The maximum absolute atomic E-state index is 12.3. The van der Waals surface area contributed by atoms with Crippen molar-refractivity contribution < 1.29 is 14.3 Å². The Kier molecular flexibility index (Phi) is 4.94. The monoisotopic (exact) mass is 357 g/mol. The number of amides is 1. The summed E-state index contributed by atoms with van der Waals surface area (Å²) >= 11 is 0. The van der Waals surface area contributed by atoms with E-state index in [0.717, 1.165) is 32.1 Å². The van der Waals surface area contributed by atoms with Gasteiger partial charge in [-0.2, -0.15) is 0 Å². The lowest BCUT2D eigenvalue weighted by Crippen LogP contribution is -2.59. The predicted octanol–water partition coefficient (Wildman–Crippen LogP) is 3.32. The Morgan fingerprint density at radius 3 is 2.58 bits per heavy atom. The molecule has 0 aromatic heterocycles. The SMILES string of the molecule is C#C.COC(=O)[C@H]1CCC2C3CCC4NC(=O)C=C[C@]4(C)C3CC[C@@]21C. The first-order chi connectivity index (χ1) is 12.4. The van der Waals surface area contributed by atoms with Gasteiger partial charge >= 0.3 is 5.97 Å². The third kappa shape index (κ3) is 2.59. The molecule has 3 aliphatic carbocycles. The van der Waals surface area contributed by atoms with Gasteiger partial charge < -0.3 is 10.1 Å². The molecule has 0 spiro atoms. The summed E-state index contributed by atoms with van der Waals surface area (Å²) < 4.78 is 5.10. The van der Waals surface area contributed by atoms with Crippen molar-refractivity contribution in [2.45, 2.75) is 58.4 Å². The van der Waals surface area contributed by atoms with E-state index in [-0.39, 0.29) is 34.7 Å². The van der Waals surface area contributed by atoms with Gasteiger partial charge in [0.15, 0.2) is 0 Å². The average molecular weight is 357 g/mol. The lowest BCUT2D eigenvalue weighted by Gasteiger charge is -2.58. The van der Waals surface area contributed by atoms with Gasteiger partial charge in [0.2, 0.25) is 5.91 Å². The molecule has 1 aliphatic heterocycles. The number of ether oxygens (including phenoxy) is 1. The molecule has 4 rings (SSSR count). The molecule has 1 amide bonds. The zero-order valence-electron chi connectivity index (χ0n) is 16.2. The Morgan fingerprint density at radius 1 is 1.15 bits per heavy atom. The average Bonchev–Trinajstić information content (AvgIpc) is 3.00. The van der Waals surface area contributed by atoms with E-state index < -0.39 is 0 Å². The topological polar surface area (TPSA) is 55.4 Å². The third-order valence-electron chi connectivity index (χ3n) is 8.17. The summed E-state index contributed by atoms with van der Waals surface area (Å²) in [5, 5.41) is 3.20. The number of carbonyl (C=O) groups is 2. The van der Waals surface area contributed by atoms with Gasteiger partial charge in [0.05, 0.1) is 13.0 Å². The number of rotatable bonds is 1. The number of nitrogens with one attached hydrogen (secondary N) is 1. The summed E-state index contributed by atoms with van der Waals surface area (Å²) in [6.45, 7) is 4.66. The van der Waals surface area contributed by atoms with Gasteiger partial charge in [-0.05, 0) is 67.8 Å². The van der Waals surface area contributed by atoms with Gasteiger partial charge in [-0.1, -0.05) is 19.9 Å². The molecule has 0 saturated heterocycles. The summed E-state index contributed by atoms with van der Waals surface area (Å²) in [5.74, 6) is 2.01. The molecule has 3 saturated carbocycles. The van der Waals surface area contributed by atoms with E-state index in [1.54, 1.807) is 6.08 Å². The van der Waals surface area contributed by atoms with Crippen molar-refractivity contribution in [1.82, 2.24) is 5.32 Å². The van der Waals surface area contributed by atoms with E-state index in [9.17, 15) is 9.59 Å². The fourth-order valence-corrected chi connectivity index (χ4v) is 6.86. The smallest absolute Gasteiger partial charge is 0.309 e. The highest BCUT2D eigenvalue weighted by molar-refractivity contribution is 5.89. The third-order valence-corrected chi connectivity index (χ3v) is 8.17. The standard InChI is InChI=1S/C20H29NO3.C2H2/c1-19-10-8-14-12(13(19)5-6-15(19)18(23)24-3)4-7-16-20(14,2)11-9-17(22)21-16;1-2/h9,11-16H,4-8,10H2,1-3H3,(H,21,22);1-2H/t12?,13?,14?,15-,16?,19+,20-;/m1./s1. The van der Waals surface area contributed by atoms with Crippen LogP contribution in [0.15, 0.2) is 12.2 Å². The molecule has 142 valence electrons. The Balaban J connectivity index is 0.000000948. The number of hydrogen-bond acceptors (Lipinski definition) is 3. The first-order valence-electron chi connectivity index (χ1n) is 9.81. The van der Waals surface area contributed by atoms with E-state index in [2.05, 4.69) is 38.1 Å². The normalized spacial score (nSPS) is 45.9. The maximum Gasteiger partial charge on any atom is 0.309 e. The number of carbonyl (C=O) groups excluding carboxylic acids is 2. The summed E-state index contributed by atoms with van der Waals surface area (Å²) in [6, 6.07) is 0.276. The predicted molar refractivity (Wildman–Crippen MR) is 101 cm³/mol. The highest BCUT2D eigenvalue weighted by Gasteiger charge is 2.61. The van der Waals surface area contributed by atoms with Crippen LogP contribution in [0.4, 0.5) is 0 Å². The van der Waals surface area contributed by atoms with Gasteiger partial charge in [0.1, 0.15) is 0 Å². The lowest BCUT2D eigenvalue weighted by atomic mass is 9.48. The van der Waals surface area contributed by atoms with Crippen LogP contribution in [0, 0.1) is 47.3 Å². The minimum Gasteiger partial charge on any atom is -0.469 e. The molecule has 0 aromatic rings. The first kappa shape index (κ1) is 19.0. The molecule has 7 atom stereocenters. The van der Waals surface area contributed by atoms with Crippen LogP contribution in [0.2, 0.25) is 0 Å². The number of hydrogen-bond donors (Lipinski definition) is 1. The fraction of sp³-hybridized carbons (Fsp3) is 0.727. The van der Waals surface area contributed by atoms with Crippen molar-refractivity contribution in [2.24, 2.45) is 34.5 Å². The first-order valence-corrected chi connectivity index (χ1v) is 9.81. The second kappa shape index (κ2) is 6.76. The zero-order valence-corrected chi connectivity index (χ0v) is 16.2. The Bertz CT molecular complexity index is 639. The van der Waals surface area contributed by atoms with Crippen LogP contribution in [-0.2, 0) is 14.3 Å². The van der Waals surface area contributed by atoms with E-state index in [1.807, 2.05) is 0 Å². The largest absolute Gasteiger partial charge is 0.469 e. The van der Waals surface area contributed by atoms with Crippen molar-refractivity contribution in [2.75, 3.05) is 7.11 Å². The van der Waals surface area contributed by atoms with Gasteiger partial charge in [-0.3, -0.25) is 9.59 Å². The van der Waals surface area contributed by atoms with Gasteiger partial charge in [0.25, 0.3) is 0 Å². The van der Waals surface area contributed by atoms with Gasteiger partial charge in [-0.15, -0.1) is 12.8 Å². The van der Waals surface area contributed by atoms with Crippen LogP contribution in [0.3, 0.4) is 0 Å². The summed E-state index contributed by atoms with van der Waals surface area (Å²) in [4.78, 5) is 24.0. The Morgan fingerprint density at radius 2 is 1.88 bits per heavy atom. The quantitative estimate of drug-likeness (QED) is 0.578. The number of terminal acetylenes is 1. The van der Waals surface area contributed by atoms with E-state index in [0.29, 0.717) is 17.8 Å². The second-order valence-corrected chi connectivity index (χ2v) is 8.91. The molecule has 26 heavy (non-hydrogen) atoms. The fourth-order valence-electron chi connectivity index (χ4n) is 6.86. The molecule has 4 nitrogen and oxygen atoms in total. The second-order valence-electron chi connectivity index (χ2n) is 8.91. The molecule has 4 heteroatoms. The van der Waals surface area contributed by atoms with Crippen LogP contribution in [-0.4, -0.2) is 25.0 Å². The molecular weight excluding hydrogens is 326 g/mol. The molecule has 4 unspecified atom stereocenters. The summed E-state index contributed by atoms with van der Waals surface area (Å²) in [7, 11) is 1.52. The van der Waals surface area contributed by atoms with Crippen molar-refractivity contribution >= 4 is 11.9 Å². The molecular formula is C22H31NO3. The van der Waals surface area contributed by atoms with E-state index in [4.69, 9.17) is 4.74 Å². The summed E-state index contributed by atoms with van der Waals surface area (Å²) in [6.07, 6.45) is 18.5. The number of methoxy groups -OCH3 is 1. The van der Waals surface area contributed by atoms with Crippen molar-refractivity contribution in [1.29, 1.82) is 0 Å². The molecule has 0 radical (unpaired) electrons. The number of fused-ring (bicyclic) bond motifs is 5. The highest BCUT2D eigenvalue weighted by Crippen LogP contribution is 2.65. The minimum atomic E-state index is -0.0110. The van der Waals surface area contributed by atoms with E-state index in [1.165, 1.54) is 13.5 Å².